The van der Waals surface area contributed by atoms with Gasteiger partial charge in [0.15, 0.2) is 11.5 Å². The molecule has 0 heterocycles. The van der Waals surface area contributed by atoms with Crippen molar-refractivity contribution in [3.8, 4) is 17.6 Å². The Bertz CT molecular complexity index is 579. The van der Waals surface area contributed by atoms with E-state index in [1.54, 1.807) is 7.11 Å². The van der Waals surface area contributed by atoms with Gasteiger partial charge in [-0.3, -0.25) is 0 Å². The quantitative estimate of drug-likeness (QED) is 0.920. The maximum Gasteiger partial charge on any atom is 0.161 e. The van der Waals surface area contributed by atoms with E-state index in [2.05, 4.69) is 6.07 Å². The van der Waals surface area contributed by atoms with E-state index >= 15 is 0 Å². The molecule has 0 radical (unpaired) electrons. The van der Waals surface area contributed by atoms with Crippen molar-refractivity contribution < 1.29 is 14.6 Å². The van der Waals surface area contributed by atoms with Crippen molar-refractivity contribution >= 4 is 0 Å². The lowest BCUT2D eigenvalue weighted by Gasteiger charge is -2.34. The predicted octanol–water partition coefficient (Wildman–Crippen LogP) is 3.71. The first kappa shape index (κ1) is 16.1. The lowest BCUT2D eigenvalue weighted by Crippen LogP contribution is -2.32. The molecule has 3 rings (SSSR count). The van der Waals surface area contributed by atoms with Crippen molar-refractivity contribution in [2.75, 3.05) is 7.11 Å². The largest absolute Gasteiger partial charge is 0.493 e. The van der Waals surface area contributed by atoms with Crippen molar-refractivity contribution in [1.82, 2.24) is 0 Å². The van der Waals surface area contributed by atoms with Crippen molar-refractivity contribution in [3.63, 3.8) is 0 Å². The Hall–Kier alpha value is -1.73. The van der Waals surface area contributed by atoms with Gasteiger partial charge in [0.05, 0.1) is 30.8 Å². The van der Waals surface area contributed by atoms with Crippen LogP contribution in [0.15, 0.2) is 18.2 Å². The van der Waals surface area contributed by atoms with Gasteiger partial charge in [-0.2, -0.15) is 5.26 Å². The number of hydrogen-bond acceptors (Lipinski definition) is 4. The summed E-state index contributed by atoms with van der Waals surface area (Å²) in [7, 11) is 1.65. The van der Waals surface area contributed by atoms with E-state index in [1.807, 2.05) is 18.2 Å². The SMILES string of the molecule is COc1ccc(C2(C#N)CCC(O)CC2)cc1OC1CCCC1. The molecular weight excluding hydrogens is 290 g/mol. The number of aliphatic hydroxyl groups excluding tert-OH is 1. The van der Waals surface area contributed by atoms with Crippen molar-refractivity contribution in [1.29, 1.82) is 5.26 Å². The molecule has 0 atom stereocenters. The summed E-state index contributed by atoms with van der Waals surface area (Å²) in [6.07, 6.45) is 7.33. The highest BCUT2D eigenvalue weighted by atomic mass is 16.5. The molecule has 0 saturated heterocycles. The molecule has 1 aromatic rings. The monoisotopic (exact) mass is 315 g/mol. The number of hydrogen-bond donors (Lipinski definition) is 1. The molecule has 0 unspecified atom stereocenters. The summed E-state index contributed by atoms with van der Waals surface area (Å²) in [6, 6.07) is 8.37. The Labute approximate surface area is 138 Å². The summed E-state index contributed by atoms with van der Waals surface area (Å²) in [6.45, 7) is 0. The smallest absolute Gasteiger partial charge is 0.161 e. The van der Waals surface area contributed by atoms with Crippen LogP contribution in [0.3, 0.4) is 0 Å². The number of rotatable bonds is 4. The second-order valence-electron chi connectivity index (χ2n) is 6.82. The van der Waals surface area contributed by atoms with Gasteiger partial charge in [-0.15, -0.1) is 0 Å². The molecule has 0 aliphatic heterocycles. The van der Waals surface area contributed by atoms with Crippen LogP contribution in [-0.4, -0.2) is 24.4 Å². The third-order valence-corrected chi connectivity index (χ3v) is 5.33. The zero-order valence-electron chi connectivity index (χ0n) is 13.8. The second-order valence-corrected chi connectivity index (χ2v) is 6.82. The zero-order valence-corrected chi connectivity index (χ0v) is 13.8. The highest BCUT2D eigenvalue weighted by Gasteiger charge is 2.37. The molecule has 2 fully saturated rings. The third-order valence-electron chi connectivity index (χ3n) is 5.33. The zero-order chi connectivity index (χ0) is 16.3. The average Bonchev–Trinajstić information content (AvgIpc) is 3.09. The average molecular weight is 315 g/mol. The highest BCUT2D eigenvalue weighted by Crippen LogP contribution is 2.42. The Morgan fingerprint density at radius 3 is 2.43 bits per heavy atom. The highest BCUT2D eigenvalue weighted by molar-refractivity contribution is 5.47. The van der Waals surface area contributed by atoms with E-state index in [0.29, 0.717) is 25.7 Å². The van der Waals surface area contributed by atoms with Crippen LogP contribution >= 0.6 is 0 Å². The molecule has 4 nitrogen and oxygen atoms in total. The first-order chi connectivity index (χ1) is 11.2. The van der Waals surface area contributed by atoms with Crippen LogP contribution in [0.2, 0.25) is 0 Å². The van der Waals surface area contributed by atoms with Gasteiger partial charge in [-0.25, -0.2) is 0 Å². The summed E-state index contributed by atoms with van der Waals surface area (Å²) in [5.74, 6) is 1.47. The molecule has 4 heteroatoms. The summed E-state index contributed by atoms with van der Waals surface area (Å²) in [5.41, 5.74) is 0.472. The number of nitrogens with zero attached hydrogens (tertiary/aromatic N) is 1. The molecule has 2 aliphatic rings. The van der Waals surface area contributed by atoms with Crippen molar-refractivity contribution in [3.05, 3.63) is 23.8 Å². The van der Waals surface area contributed by atoms with E-state index in [0.717, 1.165) is 29.9 Å². The standard InChI is InChI=1S/C19H25NO3/c1-22-17-7-6-14(12-18(17)23-16-4-2-3-5-16)19(13-20)10-8-15(21)9-11-19/h6-7,12,15-16,21H,2-5,8-11H2,1H3. The number of benzene rings is 1. The Kier molecular flexibility index (Phi) is 4.77. The Morgan fingerprint density at radius 2 is 1.83 bits per heavy atom. The summed E-state index contributed by atoms with van der Waals surface area (Å²) in [4.78, 5) is 0. The van der Waals surface area contributed by atoms with E-state index in [9.17, 15) is 10.4 Å². The van der Waals surface area contributed by atoms with E-state index in [-0.39, 0.29) is 12.2 Å². The molecule has 1 N–H and O–H groups in total. The Balaban J connectivity index is 1.88. The van der Waals surface area contributed by atoms with Crippen LogP contribution in [0.1, 0.15) is 56.9 Å². The molecule has 0 bridgehead atoms. The first-order valence-corrected chi connectivity index (χ1v) is 8.61. The van der Waals surface area contributed by atoms with Crippen LogP contribution < -0.4 is 9.47 Å². The maximum atomic E-state index is 9.78. The van der Waals surface area contributed by atoms with Gasteiger partial charge in [0, 0.05) is 0 Å². The van der Waals surface area contributed by atoms with Crippen molar-refractivity contribution in [2.24, 2.45) is 0 Å². The summed E-state index contributed by atoms with van der Waals surface area (Å²) >= 11 is 0. The van der Waals surface area contributed by atoms with Crippen LogP contribution in [-0.2, 0) is 5.41 Å². The maximum absolute atomic E-state index is 9.78. The predicted molar refractivity (Wildman–Crippen MR) is 87.6 cm³/mol. The van der Waals surface area contributed by atoms with Gasteiger partial charge in [0.25, 0.3) is 0 Å². The first-order valence-electron chi connectivity index (χ1n) is 8.61. The Morgan fingerprint density at radius 1 is 1.13 bits per heavy atom. The van der Waals surface area contributed by atoms with Crippen LogP contribution in [0.4, 0.5) is 0 Å². The van der Waals surface area contributed by atoms with Gasteiger partial charge in [0.1, 0.15) is 0 Å². The van der Waals surface area contributed by atoms with Gasteiger partial charge in [-0.05, 0) is 69.1 Å². The fourth-order valence-corrected chi connectivity index (χ4v) is 3.81. The van der Waals surface area contributed by atoms with Crippen LogP contribution in [0.5, 0.6) is 11.5 Å². The summed E-state index contributed by atoms with van der Waals surface area (Å²) < 4.78 is 11.6. The van der Waals surface area contributed by atoms with E-state index in [4.69, 9.17) is 9.47 Å². The number of methoxy groups -OCH3 is 1. The van der Waals surface area contributed by atoms with Gasteiger partial charge < -0.3 is 14.6 Å². The van der Waals surface area contributed by atoms with Gasteiger partial charge >= 0.3 is 0 Å². The summed E-state index contributed by atoms with van der Waals surface area (Å²) in [5, 5.41) is 19.5. The fourth-order valence-electron chi connectivity index (χ4n) is 3.81. The molecule has 0 amide bonds. The molecular formula is C19H25NO3. The molecule has 23 heavy (non-hydrogen) atoms. The van der Waals surface area contributed by atoms with Gasteiger partial charge in [0.2, 0.25) is 0 Å². The van der Waals surface area contributed by atoms with E-state index in [1.165, 1.54) is 12.8 Å². The van der Waals surface area contributed by atoms with Crippen LogP contribution in [0, 0.1) is 11.3 Å². The van der Waals surface area contributed by atoms with Crippen molar-refractivity contribution in [2.45, 2.75) is 69.0 Å². The topological polar surface area (TPSA) is 62.5 Å². The minimum absolute atomic E-state index is 0.255. The van der Waals surface area contributed by atoms with Gasteiger partial charge in [-0.1, -0.05) is 6.07 Å². The second kappa shape index (κ2) is 6.80. The molecule has 2 saturated carbocycles. The molecule has 2 aliphatic carbocycles. The number of ether oxygens (including phenoxy) is 2. The minimum Gasteiger partial charge on any atom is -0.493 e. The normalized spacial score (nSPS) is 28.3. The fraction of sp³-hybridized carbons (Fsp3) is 0.632. The molecule has 1 aromatic carbocycles. The third kappa shape index (κ3) is 3.30. The molecule has 0 aromatic heterocycles. The number of nitriles is 1. The molecule has 124 valence electrons. The lowest BCUT2D eigenvalue weighted by atomic mass is 9.70. The van der Waals surface area contributed by atoms with E-state index < -0.39 is 5.41 Å². The minimum atomic E-state index is -0.515. The molecule has 0 spiro atoms. The number of aliphatic hydroxyl groups is 1. The lowest BCUT2D eigenvalue weighted by molar-refractivity contribution is 0.109. The van der Waals surface area contributed by atoms with Crippen LogP contribution in [0.25, 0.3) is 0 Å².